The van der Waals surface area contributed by atoms with E-state index in [9.17, 15) is 4.79 Å². The van der Waals surface area contributed by atoms with Gasteiger partial charge in [0.15, 0.2) is 0 Å². The van der Waals surface area contributed by atoms with Crippen molar-refractivity contribution in [3.8, 4) is 0 Å². The van der Waals surface area contributed by atoms with Crippen molar-refractivity contribution in [1.29, 1.82) is 0 Å². The molecule has 1 amide bonds. The normalized spacial score (nSPS) is 11.2. The van der Waals surface area contributed by atoms with Crippen molar-refractivity contribution >= 4 is 11.6 Å². The summed E-state index contributed by atoms with van der Waals surface area (Å²) in [6.07, 6.45) is 0. The number of carbonyl (C=O) groups excluding carboxylic acids is 1. The predicted octanol–water partition coefficient (Wildman–Crippen LogP) is 4.54. The van der Waals surface area contributed by atoms with Gasteiger partial charge in [-0.15, -0.1) is 0 Å². The van der Waals surface area contributed by atoms with E-state index in [1.54, 1.807) is 0 Å². The molecule has 0 saturated carbocycles. The molecule has 0 aliphatic rings. The fraction of sp³-hybridized carbons (Fsp3) is 0.278. The van der Waals surface area contributed by atoms with Crippen LogP contribution in [0.1, 0.15) is 42.3 Å². The van der Waals surface area contributed by atoms with Crippen LogP contribution in [-0.2, 0) is 5.41 Å². The minimum absolute atomic E-state index is 0.0418. The van der Waals surface area contributed by atoms with Crippen molar-refractivity contribution in [3.05, 3.63) is 65.2 Å². The van der Waals surface area contributed by atoms with Crippen LogP contribution in [0.5, 0.6) is 0 Å². The second kappa shape index (κ2) is 5.49. The van der Waals surface area contributed by atoms with Crippen LogP contribution in [0.4, 0.5) is 5.69 Å². The molecule has 0 heterocycles. The van der Waals surface area contributed by atoms with Gasteiger partial charge in [-0.25, -0.2) is 0 Å². The highest BCUT2D eigenvalue weighted by atomic mass is 16.1. The average Bonchev–Trinajstić information content (AvgIpc) is 2.40. The number of hydrogen-bond donors (Lipinski definition) is 1. The topological polar surface area (TPSA) is 29.1 Å². The standard InChI is InChI=1S/C18H21NO/c1-13-8-10-16(11-9-13)19-17(20)14-6-5-7-15(12-14)18(2,3)4/h5-12H,1-4H3,(H,19,20). The molecule has 0 aliphatic heterocycles. The number of amides is 1. The third-order valence-electron chi connectivity index (χ3n) is 3.30. The summed E-state index contributed by atoms with van der Waals surface area (Å²) in [5.74, 6) is -0.0695. The van der Waals surface area contributed by atoms with E-state index in [-0.39, 0.29) is 11.3 Å². The zero-order valence-electron chi connectivity index (χ0n) is 12.5. The van der Waals surface area contributed by atoms with E-state index in [2.05, 4.69) is 32.2 Å². The van der Waals surface area contributed by atoms with Gasteiger partial charge in [0.2, 0.25) is 0 Å². The molecule has 2 aromatic rings. The lowest BCUT2D eigenvalue weighted by Crippen LogP contribution is -2.15. The monoisotopic (exact) mass is 267 g/mol. The third-order valence-corrected chi connectivity index (χ3v) is 3.30. The second-order valence-corrected chi connectivity index (χ2v) is 6.15. The second-order valence-electron chi connectivity index (χ2n) is 6.15. The zero-order chi connectivity index (χ0) is 14.8. The Kier molecular flexibility index (Phi) is 3.93. The van der Waals surface area contributed by atoms with Crippen LogP contribution in [0.2, 0.25) is 0 Å². The molecule has 0 unspecified atom stereocenters. The Bertz CT molecular complexity index is 606. The van der Waals surface area contributed by atoms with Crippen LogP contribution < -0.4 is 5.32 Å². The van der Waals surface area contributed by atoms with Gasteiger partial charge in [0, 0.05) is 11.3 Å². The lowest BCUT2D eigenvalue weighted by Gasteiger charge is -2.19. The summed E-state index contributed by atoms with van der Waals surface area (Å²) in [6, 6.07) is 15.6. The number of hydrogen-bond acceptors (Lipinski definition) is 1. The molecule has 0 fully saturated rings. The molecule has 0 radical (unpaired) electrons. The lowest BCUT2D eigenvalue weighted by molar-refractivity contribution is 0.102. The summed E-state index contributed by atoms with van der Waals surface area (Å²) < 4.78 is 0. The van der Waals surface area contributed by atoms with Gasteiger partial charge in [0.05, 0.1) is 0 Å². The maximum absolute atomic E-state index is 12.3. The molecule has 20 heavy (non-hydrogen) atoms. The fourth-order valence-corrected chi connectivity index (χ4v) is 1.97. The highest BCUT2D eigenvalue weighted by Crippen LogP contribution is 2.23. The lowest BCUT2D eigenvalue weighted by atomic mass is 9.86. The van der Waals surface area contributed by atoms with Crippen LogP contribution >= 0.6 is 0 Å². The molecule has 2 aromatic carbocycles. The van der Waals surface area contributed by atoms with Gasteiger partial charge in [-0.3, -0.25) is 4.79 Å². The van der Waals surface area contributed by atoms with Crippen LogP contribution in [0.3, 0.4) is 0 Å². The van der Waals surface area contributed by atoms with E-state index in [0.717, 1.165) is 11.3 Å². The molecule has 1 N–H and O–H groups in total. The Morgan fingerprint density at radius 2 is 1.65 bits per heavy atom. The number of rotatable bonds is 2. The van der Waals surface area contributed by atoms with Crippen LogP contribution in [0, 0.1) is 6.92 Å². The summed E-state index contributed by atoms with van der Waals surface area (Å²) in [5, 5.41) is 2.93. The van der Waals surface area contributed by atoms with Crippen molar-refractivity contribution < 1.29 is 4.79 Å². The number of carbonyl (C=O) groups is 1. The van der Waals surface area contributed by atoms with Gasteiger partial charge in [0.1, 0.15) is 0 Å². The first-order chi connectivity index (χ1) is 9.36. The minimum atomic E-state index is -0.0695. The molecule has 104 valence electrons. The summed E-state index contributed by atoms with van der Waals surface area (Å²) in [5.41, 5.74) is 3.90. The number of anilines is 1. The molecule has 0 saturated heterocycles. The van der Waals surface area contributed by atoms with Crippen molar-refractivity contribution in [2.45, 2.75) is 33.1 Å². The van der Waals surface area contributed by atoms with Crippen LogP contribution in [0.25, 0.3) is 0 Å². The molecule has 2 nitrogen and oxygen atoms in total. The molecule has 0 aromatic heterocycles. The Morgan fingerprint density at radius 1 is 1.00 bits per heavy atom. The Labute approximate surface area is 120 Å². The molecular formula is C18H21NO. The van der Waals surface area contributed by atoms with E-state index < -0.39 is 0 Å². The van der Waals surface area contributed by atoms with Gasteiger partial charge in [-0.2, -0.15) is 0 Å². The SMILES string of the molecule is Cc1ccc(NC(=O)c2cccc(C(C)(C)C)c2)cc1. The van der Waals surface area contributed by atoms with Gasteiger partial charge in [-0.1, -0.05) is 50.6 Å². The molecule has 0 spiro atoms. The Balaban J connectivity index is 2.19. The smallest absolute Gasteiger partial charge is 0.255 e. The predicted molar refractivity (Wildman–Crippen MR) is 84.3 cm³/mol. The van der Waals surface area contributed by atoms with E-state index in [1.807, 2.05) is 49.4 Å². The maximum atomic E-state index is 12.3. The Hall–Kier alpha value is -2.09. The number of nitrogens with one attached hydrogen (secondary N) is 1. The van der Waals surface area contributed by atoms with Crippen LogP contribution in [-0.4, -0.2) is 5.91 Å². The first kappa shape index (κ1) is 14.3. The molecular weight excluding hydrogens is 246 g/mol. The number of benzene rings is 2. The third kappa shape index (κ3) is 3.47. The average molecular weight is 267 g/mol. The Morgan fingerprint density at radius 3 is 2.25 bits per heavy atom. The summed E-state index contributed by atoms with van der Waals surface area (Å²) >= 11 is 0. The van der Waals surface area contributed by atoms with Gasteiger partial charge < -0.3 is 5.32 Å². The maximum Gasteiger partial charge on any atom is 0.255 e. The molecule has 2 rings (SSSR count). The van der Waals surface area contributed by atoms with E-state index >= 15 is 0 Å². The van der Waals surface area contributed by atoms with Crippen molar-refractivity contribution in [1.82, 2.24) is 0 Å². The van der Waals surface area contributed by atoms with E-state index in [1.165, 1.54) is 5.56 Å². The fourth-order valence-electron chi connectivity index (χ4n) is 1.97. The largest absolute Gasteiger partial charge is 0.322 e. The zero-order valence-corrected chi connectivity index (χ0v) is 12.5. The van der Waals surface area contributed by atoms with E-state index in [0.29, 0.717) is 5.56 Å². The quantitative estimate of drug-likeness (QED) is 0.850. The summed E-state index contributed by atoms with van der Waals surface area (Å²) in [7, 11) is 0. The number of aryl methyl sites for hydroxylation is 1. The highest BCUT2D eigenvalue weighted by Gasteiger charge is 2.15. The molecule has 2 heteroatoms. The molecule has 0 atom stereocenters. The van der Waals surface area contributed by atoms with Gasteiger partial charge in [-0.05, 0) is 42.2 Å². The summed E-state index contributed by atoms with van der Waals surface area (Å²) in [6.45, 7) is 8.45. The van der Waals surface area contributed by atoms with Gasteiger partial charge >= 0.3 is 0 Å². The van der Waals surface area contributed by atoms with Crippen LogP contribution in [0.15, 0.2) is 48.5 Å². The molecule has 0 aliphatic carbocycles. The highest BCUT2D eigenvalue weighted by molar-refractivity contribution is 6.04. The van der Waals surface area contributed by atoms with Gasteiger partial charge in [0.25, 0.3) is 5.91 Å². The van der Waals surface area contributed by atoms with Crippen molar-refractivity contribution in [2.24, 2.45) is 0 Å². The first-order valence-corrected chi connectivity index (χ1v) is 6.85. The summed E-state index contributed by atoms with van der Waals surface area (Å²) in [4.78, 5) is 12.3. The molecule has 0 bridgehead atoms. The minimum Gasteiger partial charge on any atom is -0.322 e. The van der Waals surface area contributed by atoms with Crippen molar-refractivity contribution in [3.63, 3.8) is 0 Å². The first-order valence-electron chi connectivity index (χ1n) is 6.85. The van der Waals surface area contributed by atoms with E-state index in [4.69, 9.17) is 0 Å². The van der Waals surface area contributed by atoms with Crippen molar-refractivity contribution in [2.75, 3.05) is 5.32 Å².